The number of H-pyrrole nitrogens is 1. The highest BCUT2D eigenvalue weighted by Gasteiger charge is 2.22. The topological polar surface area (TPSA) is 113 Å². The van der Waals surface area contributed by atoms with Crippen molar-refractivity contribution >= 4 is 15.8 Å². The van der Waals surface area contributed by atoms with Crippen LogP contribution in [0.4, 0.5) is 5.82 Å². The molecule has 2 rings (SSSR count). The van der Waals surface area contributed by atoms with Crippen molar-refractivity contribution in [3.8, 4) is 0 Å². The summed E-state index contributed by atoms with van der Waals surface area (Å²) in [5, 5.41) is 9.05. The van der Waals surface area contributed by atoms with Gasteiger partial charge in [0, 0.05) is 13.2 Å². The largest absolute Gasteiger partial charge is 0.372 e. The second kappa shape index (κ2) is 5.33. The van der Waals surface area contributed by atoms with Gasteiger partial charge in [0.15, 0.2) is 0 Å². The average molecular weight is 282 g/mol. The van der Waals surface area contributed by atoms with Crippen molar-refractivity contribution in [1.82, 2.24) is 24.9 Å². The number of nitrogens with zero attached hydrogens (tertiary/aromatic N) is 3. The van der Waals surface area contributed by atoms with Crippen molar-refractivity contribution in [1.29, 1.82) is 0 Å². The molecule has 0 fully saturated rings. The first kappa shape index (κ1) is 13.4. The lowest BCUT2D eigenvalue weighted by molar-refractivity contribution is 0.560. The van der Waals surface area contributed by atoms with E-state index in [1.165, 1.54) is 18.6 Å². The maximum absolute atomic E-state index is 12.3. The molecule has 19 heavy (non-hydrogen) atoms. The van der Waals surface area contributed by atoms with E-state index < -0.39 is 16.1 Å². The molecule has 1 unspecified atom stereocenters. The summed E-state index contributed by atoms with van der Waals surface area (Å²) in [5.74, 6) is 0.734. The number of hydrogen-bond acceptors (Lipinski definition) is 6. The Balaban J connectivity index is 2.28. The van der Waals surface area contributed by atoms with E-state index in [0.717, 1.165) is 0 Å². The standard InChI is InChI=1S/C10H14N6O2S/c1-7(9-13-6-14-15-9)16-19(17,18)8-4-3-5-12-10(8)11-2/h3-7,16H,1-2H3,(H,11,12)(H,13,14,15). The zero-order valence-electron chi connectivity index (χ0n) is 10.5. The lowest BCUT2D eigenvalue weighted by atomic mass is 10.3. The van der Waals surface area contributed by atoms with Crippen LogP contribution in [0.5, 0.6) is 0 Å². The van der Waals surface area contributed by atoms with E-state index in [1.54, 1.807) is 20.0 Å². The quantitative estimate of drug-likeness (QED) is 0.726. The average Bonchev–Trinajstić information content (AvgIpc) is 2.92. The van der Waals surface area contributed by atoms with Crippen LogP contribution in [0.3, 0.4) is 0 Å². The highest BCUT2D eigenvalue weighted by molar-refractivity contribution is 7.89. The highest BCUT2D eigenvalue weighted by Crippen LogP contribution is 2.19. The Kier molecular flexibility index (Phi) is 3.76. The van der Waals surface area contributed by atoms with Crippen LogP contribution in [0.2, 0.25) is 0 Å². The minimum absolute atomic E-state index is 0.0869. The number of rotatable bonds is 5. The highest BCUT2D eigenvalue weighted by atomic mass is 32.2. The number of aromatic nitrogens is 4. The summed E-state index contributed by atoms with van der Waals surface area (Å²) in [7, 11) is -2.08. The minimum atomic E-state index is -3.69. The molecular weight excluding hydrogens is 268 g/mol. The van der Waals surface area contributed by atoms with Gasteiger partial charge in [0.2, 0.25) is 10.0 Å². The molecule has 0 bridgehead atoms. The van der Waals surface area contributed by atoms with Crippen LogP contribution < -0.4 is 10.0 Å². The molecule has 0 aromatic carbocycles. The van der Waals surface area contributed by atoms with Gasteiger partial charge in [-0.1, -0.05) is 0 Å². The Labute approximate surface area is 110 Å². The molecule has 2 aromatic heterocycles. The fourth-order valence-corrected chi connectivity index (χ4v) is 2.94. The molecule has 0 radical (unpaired) electrons. The summed E-state index contributed by atoms with van der Waals surface area (Å²) in [6.07, 6.45) is 2.84. The van der Waals surface area contributed by atoms with Crippen LogP contribution >= 0.6 is 0 Å². The van der Waals surface area contributed by atoms with E-state index in [0.29, 0.717) is 11.6 Å². The summed E-state index contributed by atoms with van der Waals surface area (Å²) in [6.45, 7) is 1.67. The van der Waals surface area contributed by atoms with Gasteiger partial charge in [0.1, 0.15) is 22.9 Å². The summed E-state index contributed by atoms with van der Waals surface area (Å²) < 4.78 is 27.0. The Morgan fingerprint density at radius 1 is 1.37 bits per heavy atom. The molecule has 0 aliphatic heterocycles. The molecule has 1 atom stereocenters. The number of pyridine rings is 1. The summed E-state index contributed by atoms with van der Waals surface area (Å²) in [6, 6.07) is 2.53. The molecule has 3 N–H and O–H groups in total. The molecule has 8 nitrogen and oxygen atoms in total. The summed E-state index contributed by atoms with van der Waals surface area (Å²) >= 11 is 0. The molecule has 0 amide bonds. The molecule has 9 heteroatoms. The molecule has 2 aromatic rings. The lowest BCUT2D eigenvalue weighted by Gasteiger charge is -2.13. The van der Waals surface area contributed by atoms with Crippen LogP contribution in [0.1, 0.15) is 18.8 Å². The van der Waals surface area contributed by atoms with Crippen LogP contribution in [-0.4, -0.2) is 35.6 Å². The Hall–Kier alpha value is -2.00. The van der Waals surface area contributed by atoms with Crippen LogP contribution in [0, 0.1) is 0 Å². The van der Waals surface area contributed by atoms with Crippen molar-refractivity contribution in [2.75, 3.05) is 12.4 Å². The smallest absolute Gasteiger partial charge is 0.244 e. The third-order valence-corrected chi connectivity index (χ3v) is 4.05. The Morgan fingerprint density at radius 2 is 2.16 bits per heavy atom. The molecule has 0 saturated carbocycles. The first-order chi connectivity index (χ1) is 9.04. The number of anilines is 1. The van der Waals surface area contributed by atoms with E-state index in [4.69, 9.17) is 0 Å². The maximum Gasteiger partial charge on any atom is 0.244 e. The van der Waals surface area contributed by atoms with Crippen LogP contribution in [0.25, 0.3) is 0 Å². The zero-order valence-corrected chi connectivity index (χ0v) is 11.3. The Bertz CT molecular complexity index is 640. The van der Waals surface area contributed by atoms with Gasteiger partial charge in [-0.3, -0.25) is 5.10 Å². The van der Waals surface area contributed by atoms with Gasteiger partial charge in [-0.05, 0) is 19.1 Å². The number of aromatic amines is 1. The molecule has 0 aliphatic rings. The van der Waals surface area contributed by atoms with E-state index in [-0.39, 0.29) is 4.90 Å². The molecule has 2 heterocycles. The number of sulfonamides is 1. The molecule has 0 spiro atoms. The first-order valence-corrected chi connectivity index (χ1v) is 7.03. The second-order valence-electron chi connectivity index (χ2n) is 3.81. The third kappa shape index (κ3) is 2.88. The van der Waals surface area contributed by atoms with Gasteiger partial charge in [-0.25, -0.2) is 23.1 Å². The second-order valence-corrected chi connectivity index (χ2v) is 5.50. The monoisotopic (exact) mass is 282 g/mol. The molecular formula is C10H14N6O2S. The fraction of sp³-hybridized carbons (Fsp3) is 0.300. The van der Waals surface area contributed by atoms with Gasteiger partial charge >= 0.3 is 0 Å². The molecule has 0 saturated heterocycles. The zero-order chi connectivity index (χ0) is 13.9. The van der Waals surface area contributed by atoms with E-state index in [1.807, 2.05) is 0 Å². The normalized spacial score (nSPS) is 13.2. The Morgan fingerprint density at radius 3 is 2.79 bits per heavy atom. The molecule has 102 valence electrons. The third-order valence-electron chi connectivity index (χ3n) is 2.47. The van der Waals surface area contributed by atoms with E-state index in [9.17, 15) is 8.42 Å². The number of hydrogen-bond donors (Lipinski definition) is 3. The summed E-state index contributed by atoms with van der Waals surface area (Å²) in [5.41, 5.74) is 0. The lowest BCUT2D eigenvalue weighted by Crippen LogP contribution is -2.28. The minimum Gasteiger partial charge on any atom is -0.372 e. The fourth-order valence-electron chi connectivity index (χ4n) is 1.57. The van der Waals surface area contributed by atoms with Crippen molar-refractivity contribution in [3.05, 3.63) is 30.5 Å². The van der Waals surface area contributed by atoms with Crippen molar-refractivity contribution in [2.45, 2.75) is 17.9 Å². The summed E-state index contributed by atoms with van der Waals surface area (Å²) in [4.78, 5) is 7.97. The number of nitrogens with one attached hydrogen (secondary N) is 3. The SMILES string of the molecule is CNc1ncccc1S(=O)(=O)NC(C)c1ncn[nH]1. The van der Waals surface area contributed by atoms with E-state index in [2.05, 4.69) is 30.2 Å². The van der Waals surface area contributed by atoms with Gasteiger partial charge in [-0.2, -0.15) is 5.10 Å². The van der Waals surface area contributed by atoms with Crippen molar-refractivity contribution in [3.63, 3.8) is 0 Å². The maximum atomic E-state index is 12.3. The first-order valence-electron chi connectivity index (χ1n) is 5.55. The molecule has 0 aliphatic carbocycles. The van der Waals surface area contributed by atoms with Crippen LogP contribution in [-0.2, 0) is 10.0 Å². The van der Waals surface area contributed by atoms with Gasteiger partial charge < -0.3 is 5.32 Å². The van der Waals surface area contributed by atoms with Crippen molar-refractivity contribution in [2.24, 2.45) is 0 Å². The predicted molar refractivity (Wildman–Crippen MR) is 68.9 cm³/mol. The van der Waals surface area contributed by atoms with Crippen LogP contribution in [0.15, 0.2) is 29.6 Å². The van der Waals surface area contributed by atoms with Crippen molar-refractivity contribution < 1.29 is 8.42 Å². The van der Waals surface area contributed by atoms with Gasteiger partial charge in [0.05, 0.1) is 6.04 Å². The predicted octanol–water partition coefficient (Wildman–Crippen LogP) is 0.281. The van der Waals surface area contributed by atoms with Gasteiger partial charge in [-0.15, -0.1) is 0 Å². The van der Waals surface area contributed by atoms with Gasteiger partial charge in [0.25, 0.3) is 0 Å². The van der Waals surface area contributed by atoms with E-state index >= 15 is 0 Å².